The number of amides is 1. The normalized spacial score (nSPS) is 23.2. The minimum atomic E-state index is 0.154. The van der Waals surface area contributed by atoms with Gasteiger partial charge in [0, 0.05) is 30.7 Å². The standard InChI is InChI=1S/C19H29N5O/c1-14-16(15(2)24(22-14)12-5-10-20)7-8-19(25)21-17-9-13-23-11-4-3-6-18(17)23/h17-18H,3-9,11-13H2,1-2H3,(H,21,25). The van der Waals surface area contributed by atoms with Crippen molar-refractivity contribution in [2.75, 3.05) is 13.1 Å². The summed E-state index contributed by atoms with van der Waals surface area (Å²) in [6, 6.07) is 3.03. The lowest BCUT2D eigenvalue weighted by atomic mass is 9.98. The Labute approximate surface area is 150 Å². The van der Waals surface area contributed by atoms with Gasteiger partial charge in [0.1, 0.15) is 0 Å². The molecule has 2 saturated heterocycles. The molecule has 1 aromatic heterocycles. The maximum absolute atomic E-state index is 12.4. The molecule has 0 aliphatic carbocycles. The van der Waals surface area contributed by atoms with E-state index in [0.29, 0.717) is 31.5 Å². The number of carbonyl (C=O) groups is 1. The highest BCUT2D eigenvalue weighted by atomic mass is 16.1. The van der Waals surface area contributed by atoms with Gasteiger partial charge in [-0.15, -0.1) is 0 Å². The summed E-state index contributed by atoms with van der Waals surface area (Å²) in [5, 5.41) is 16.5. The minimum Gasteiger partial charge on any atom is -0.352 e. The number of carbonyl (C=O) groups excluding carboxylic acids is 1. The number of nitrogens with one attached hydrogen (secondary N) is 1. The van der Waals surface area contributed by atoms with Crippen LogP contribution in [0, 0.1) is 25.2 Å². The van der Waals surface area contributed by atoms with Crippen LogP contribution < -0.4 is 5.32 Å². The van der Waals surface area contributed by atoms with Crippen LogP contribution in [0.5, 0.6) is 0 Å². The monoisotopic (exact) mass is 343 g/mol. The smallest absolute Gasteiger partial charge is 0.220 e. The van der Waals surface area contributed by atoms with Gasteiger partial charge in [0.2, 0.25) is 5.91 Å². The zero-order chi connectivity index (χ0) is 17.8. The fourth-order valence-electron chi connectivity index (χ4n) is 4.40. The van der Waals surface area contributed by atoms with Gasteiger partial charge < -0.3 is 5.32 Å². The Kier molecular flexibility index (Phi) is 5.74. The first-order valence-corrected chi connectivity index (χ1v) is 9.53. The molecule has 2 fully saturated rings. The van der Waals surface area contributed by atoms with Crippen molar-refractivity contribution in [3.8, 4) is 6.07 Å². The number of nitriles is 1. The first-order valence-electron chi connectivity index (χ1n) is 9.53. The van der Waals surface area contributed by atoms with E-state index in [4.69, 9.17) is 5.26 Å². The SMILES string of the molecule is Cc1nn(CCC#N)c(C)c1CCC(=O)NC1CCN2CCCCC12. The van der Waals surface area contributed by atoms with Gasteiger partial charge in [-0.25, -0.2) is 0 Å². The van der Waals surface area contributed by atoms with Crippen LogP contribution in [0.3, 0.4) is 0 Å². The van der Waals surface area contributed by atoms with E-state index < -0.39 is 0 Å². The van der Waals surface area contributed by atoms with Gasteiger partial charge in [-0.3, -0.25) is 14.4 Å². The predicted molar refractivity (Wildman–Crippen MR) is 96.0 cm³/mol. The van der Waals surface area contributed by atoms with Gasteiger partial charge in [0.05, 0.1) is 24.7 Å². The molecule has 1 aromatic rings. The second kappa shape index (κ2) is 8.01. The number of rotatable bonds is 6. The van der Waals surface area contributed by atoms with Crippen LogP contribution in [0.2, 0.25) is 0 Å². The van der Waals surface area contributed by atoms with E-state index in [1.165, 1.54) is 25.8 Å². The van der Waals surface area contributed by atoms with Gasteiger partial charge >= 0.3 is 0 Å². The third-order valence-electron chi connectivity index (χ3n) is 5.77. The number of aryl methyl sites for hydroxylation is 2. The maximum atomic E-state index is 12.4. The molecule has 1 N–H and O–H groups in total. The summed E-state index contributed by atoms with van der Waals surface area (Å²) in [5.74, 6) is 0.154. The number of aromatic nitrogens is 2. The molecule has 2 aliphatic rings. The van der Waals surface area contributed by atoms with Crippen LogP contribution in [-0.2, 0) is 17.8 Å². The molecule has 0 spiro atoms. The van der Waals surface area contributed by atoms with Gasteiger partial charge in [0.15, 0.2) is 0 Å². The van der Waals surface area contributed by atoms with Crippen molar-refractivity contribution in [2.24, 2.45) is 0 Å². The second-order valence-corrected chi connectivity index (χ2v) is 7.34. The summed E-state index contributed by atoms with van der Waals surface area (Å²) in [4.78, 5) is 15.0. The molecule has 25 heavy (non-hydrogen) atoms. The van der Waals surface area contributed by atoms with E-state index in [1.54, 1.807) is 0 Å². The minimum absolute atomic E-state index is 0.154. The lowest BCUT2D eigenvalue weighted by Crippen LogP contribution is -2.46. The Morgan fingerprint density at radius 3 is 2.96 bits per heavy atom. The molecule has 136 valence electrons. The summed E-state index contributed by atoms with van der Waals surface area (Å²) in [6.07, 6.45) is 6.57. The van der Waals surface area contributed by atoms with Crippen LogP contribution in [-0.4, -0.2) is 45.8 Å². The van der Waals surface area contributed by atoms with E-state index in [1.807, 2.05) is 18.5 Å². The lowest BCUT2D eigenvalue weighted by Gasteiger charge is -2.32. The fraction of sp³-hybridized carbons (Fsp3) is 0.737. The van der Waals surface area contributed by atoms with Crippen molar-refractivity contribution < 1.29 is 4.79 Å². The Balaban J connectivity index is 1.52. The van der Waals surface area contributed by atoms with E-state index in [9.17, 15) is 4.79 Å². The van der Waals surface area contributed by atoms with Crippen LogP contribution in [0.25, 0.3) is 0 Å². The zero-order valence-electron chi connectivity index (χ0n) is 15.4. The summed E-state index contributed by atoms with van der Waals surface area (Å²) < 4.78 is 1.89. The van der Waals surface area contributed by atoms with Gasteiger partial charge in [-0.2, -0.15) is 10.4 Å². The van der Waals surface area contributed by atoms with Crippen molar-refractivity contribution in [1.29, 1.82) is 5.26 Å². The Morgan fingerprint density at radius 2 is 2.16 bits per heavy atom. The number of hydrogen-bond acceptors (Lipinski definition) is 4. The molecule has 0 bridgehead atoms. The highest BCUT2D eigenvalue weighted by Gasteiger charge is 2.36. The second-order valence-electron chi connectivity index (χ2n) is 7.34. The molecular weight excluding hydrogens is 314 g/mol. The lowest BCUT2D eigenvalue weighted by molar-refractivity contribution is -0.122. The van der Waals surface area contributed by atoms with Gasteiger partial charge in [0.25, 0.3) is 0 Å². The first kappa shape index (κ1) is 17.9. The molecule has 2 aliphatic heterocycles. The Hall–Kier alpha value is -1.87. The molecule has 0 radical (unpaired) electrons. The zero-order valence-corrected chi connectivity index (χ0v) is 15.4. The molecule has 6 nitrogen and oxygen atoms in total. The third kappa shape index (κ3) is 4.04. The highest BCUT2D eigenvalue weighted by molar-refractivity contribution is 5.76. The Morgan fingerprint density at radius 1 is 1.32 bits per heavy atom. The molecule has 0 saturated carbocycles. The molecule has 2 atom stereocenters. The Bertz CT molecular complexity index is 660. The van der Waals surface area contributed by atoms with Crippen LogP contribution in [0.1, 0.15) is 55.5 Å². The molecule has 1 amide bonds. The molecular formula is C19H29N5O. The molecule has 3 heterocycles. The number of hydrogen-bond donors (Lipinski definition) is 1. The van der Waals surface area contributed by atoms with Crippen molar-refractivity contribution in [2.45, 2.75) is 77.4 Å². The first-order chi connectivity index (χ1) is 12.1. The van der Waals surface area contributed by atoms with Crippen molar-refractivity contribution in [3.63, 3.8) is 0 Å². The highest BCUT2D eigenvalue weighted by Crippen LogP contribution is 2.27. The van der Waals surface area contributed by atoms with Crippen LogP contribution in [0.15, 0.2) is 0 Å². The van der Waals surface area contributed by atoms with Crippen LogP contribution in [0.4, 0.5) is 0 Å². The average molecular weight is 343 g/mol. The van der Waals surface area contributed by atoms with Gasteiger partial charge in [-0.1, -0.05) is 6.42 Å². The van der Waals surface area contributed by atoms with Crippen molar-refractivity contribution in [1.82, 2.24) is 20.0 Å². The molecule has 2 unspecified atom stereocenters. The summed E-state index contributed by atoms with van der Waals surface area (Å²) in [6.45, 7) is 6.95. The van der Waals surface area contributed by atoms with Crippen LogP contribution >= 0.6 is 0 Å². The quantitative estimate of drug-likeness (QED) is 0.858. The van der Waals surface area contributed by atoms with E-state index >= 15 is 0 Å². The fourth-order valence-corrected chi connectivity index (χ4v) is 4.40. The largest absolute Gasteiger partial charge is 0.352 e. The summed E-state index contributed by atoms with van der Waals surface area (Å²) in [7, 11) is 0. The summed E-state index contributed by atoms with van der Waals surface area (Å²) in [5.41, 5.74) is 3.21. The van der Waals surface area contributed by atoms with Crippen molar-refractivity contribution >= 4 is 5.91 Å². The van der Waals surface area contributed by atoms with E-state index in [-0.39, 0.29) is 5.91 Å². The van der Waals surface area contributed by atoms with Crippen molar-refractivity contribution in [3.05, 3.63) is 17.0 Å². The number of nitrogens with zero attached hydrogens (tertiary/aromatic N) is 4. The third-order valence-corrected chi connectivity index (χ3v) is 5.77. The number of piperidine rings is 1. The molecule has 3 rings (SSSR count). The summed E-state index contributed by atoms with van der Waals surface area (Å²) >= 11 is 0. The molecule has 6 heteroatoms. The topological polar surface area (TPSA) is 73.9 Å². The van der Waals surface area contributed by atoms with E-state index in [2.05, 4.69) is 21.4 Å². The number of fused-ring (bicyclic) bond motifs is 1. The predicted octanol–water partition coefficient (Wildman–Crippen LogP) is 2.09. The average Bonchev–Trinajstić information content (AvgIpc) is 3.13. The maximum Gasteiger partial charge on any atom is 0.220 e. The molecule has 0 aromatic carbocycles. The van der Waals surface area contributed by atoms with E-state index in [0.717, 1.165) is 36.3 Å². The van der Waals surface area contributed by atoms with Gasteiger partial charge in [-0.05, 0) is 51.6 Å².